The lowest BCUT2D eigenvalue weighted by Crippen LogP contribution is -2.02. The maximum Gasteiger partial charge on any atom is 0.232 e. The second-order valence-corrected chi connectivity index (χ2v) is 6.71. The van der Waals surface area contributed by atoms with Crippen LogP contribution < -0.4 is 15.8 Å². The van der Waals surface area contributed by atoms with Crippen molar-refractivity contribution in [2.45, 2.75) is 0 Å². The fourth-order valence-corrected chi connectivity index (χ4v) is 2.95. The Hall–Kier alpha value is -4.95. The number of nitrogens with one attached hydrogen (secondary N) is 1. The minimum absolute atomic E-state index is 0.0346. The van der Waals surface area contributed by atoms with Gasteiger partial charge in [-0.25, -0.2) is 4.39 Å². The monoisotopic (exact) mass is 422 g/mol. The van der Waals surface area contributed by atoms with Gasteiger partial charge in [0, 0.05) is 11.8 Å². The highest BCUT2D eigenvalue weighted by molar-refractivity contribution is 5.66. The maximum atomic E-state index is 14.7. The summed E-state index contributed by atoms with van der Waals surface area (Å²) in [6, 6.07) is 23.6. The summed E-state index contributed by atoms with van der Waals surface area (Å²) in [7, 11) is 0. The zero-order valence-corrected chi connectivity index (χ0v) is 16.6. The first-order valence-electron chi connectivity index (χ1n) is 9.44. The van der Waals surface area contributed by atoms with Gasteiger partial charge in [-0.05, 0) is 59.7 Å². The van der Waals surface area contributed by atoms with Crippen LogP contribution in [-0.2, 0) is 0 Å². The van der Waals surface area contributed by atoms with Crippen molar-refractivity contribution < 1.29 is 9.13 Å². The van der Waals surface area contributed by atoms with Gasteiger partial charge in [0.15, 0.2) is 11.6 Å². The molecule has 0 bridgehead atoms. The molecule has 8 heteroatoms. The molecule has 0 saturated carbocycles. The number of nitrogens with zero attached hydrogens (tertiary/aromatic N) is 4. The SMILES string of the molecule is N#Cc1ccc(Nc2nc(N)cc(Oc3ccc(-c4cccc(C#N)c4)cc3F)n2)cc1. The van der Waals surface area contributed by atoms with E-state index in [1.807, 2.05) is 6.07 Å². The number of rotatable bonds is 5. The highest BCUT2D eigenvalue weighted by atomic mass is 19.1. The van der Waals surface area contributed by atoms with Gasteiger partial charge in [0.25, 0.3) is 0 Å². The van der Waals surface area contributed by atoms with Crippen LogP contribution in [-0.4, -0.2) is 9.97 Å². The Morgan fingerprint density at radius 2 is 1.59 bits per heavy atom. The number of halogens is 1. The second kappa shape index (κ2) is 8.82. The zero-order chi connectivity index (χ0) is 22.5. The summed E-state index contributed by atoms with van der Waals surface area (Å²) in [5.74, 6) is -0.269. The van der Waals surface area contributed by atoms with E-state index in [4.69, 9.17) is 21.0 Å². The number of hydrogen-bond donors (Lipinski definition) is 2. The minimum atomic E-state index is -0.594. The van der Waals surface area contributed by atoms with E-state index in [0.29, 0.717) is 22.4 Å². The number of benzene rings is 3. The predicted molar refractivity (Wildman–Crippen MR) is 118 cm³/mol. The third-order valence-corrected chi connectivity index (χ3v) is 4.46. The Kier molecular flexibility index (Phi) is 5.60. The molecule has 0 spiro atoms. The molecule has 0 amide bonds. The van der Waals surface area contributed by atoms with E-state index in [1.165, 1.54) is 18.2 Å². The van der Waals surface area contributed by atoms with Crippen LogP contribution in [0.25, 0.3) is 11.1 Å². The van der Waals surface area contributed by atoms with Crippen molar-refractivity contribution in [1.29, 1.82) is 10.5 Å². The van der Waals surface area contributed by atoms with Crippen LogP contribution in [0.2, 0.25) is 0 Å². The van der Waals surface area contributed by atoms with Gasteiger partial charge in [-0.2, -0.15) is 20.5 Å². The summed E-state index contributed by atoms with van der Waals surface area (Å²) in [5.41, 5.74) is 8.83. The molecule has 3 N–H and O–H groups in total. The third-order valence-electron chi connectivity index (χ3n) is 4.46. The fraction of sp³-hybridized carbons (Fsp3) is 0. The molecular weight excluding hydrogens is 407 g/mol. The van der Waals surface area contributed by atoms with Crippen molar-refractivity contribution in [3.63, 3.8) is 0 Å². The molecular formula is C24H15FN6O. The Balaban J connectivity index is 1.56. The molecule has 0 fully saturated rings. The van der Waals surface area contributed by atoms with Crippen molar-refractivity contribution >= 4 is 17.5 Å². The fourth-order valence-electron chi connectivity index (χ4n) is 2.95. The van der Waals surface area contributed by atoms with E-state index in [-0.39, 0.29) is 23.4 Å². The third kappa shape index (κ3) is 4.61. The summed E-state index contributed by atoms with van der Waals surface area (Å²) in [6.45, 7) is 0. The average Bonchev–Trinajstić information content (AvgIpc) is 2.80. The standard InChI is InChI=1S/C24H15FN6O/c25-20-11-18(17-3-1-2-16(10-17)14-27)6-9-21(20)32-23-12-22(28)30-24(31-23)29-19-7-4-15(13-26)5-8-19/h1-12H,(H3,28,29,30,31). The smallest absolute Gasteiger partial charge is 0.232 e. The molecule has 7 nitrogen and oxygen atoms in total. The highest BCUT2D eigenvalue weighted by Crippen LogP contribution is 2.30. The van der Waals surface area contributed by atoms with Gasteiger partial charge in [0.05, 0.1) is 23.3 Å². The Bertz CT molecular complexity index is 1370. The van der Waals surface area contributed by atoms with Crippen molar-refractivity contribution in [1.82, 2.24) is 9.97 Å². The first kappa shape index (κ1) is 20.3. The predicted octanol–water partition coefficient (Wildman–Crippen LogP) is 5.14. The zero-order valence-electron chi connectivity index (χ0n) is 16.6. The van der Waals surface area contributed by atoms with E-state index in [1.54, 1.807) is 54.6 Å². The minimum Gasteiger partial charge on any atom is -0.436 e. The number of hydrogen-bond acceptors (Lipinski definition) is 7. The molecule has 0 radical (unpaired) electrons. The molecule has 0 aliphatic heterocycles. The lowest BCUT2D eigenvalue weighted by atomic mass is 10.0. The van der Waals surface area contributed by atoms with Crippen molar-refractivity contribution in [3.8, 4) is 34.9 Å². The molecule has 0 saturated heterocycles. The van der Waals surface area contributed by atoms with Crippen molar-refractivity contribution in [2.24, 2.45) is 0 Å². The van der Waals surface area contributed by atoms with Gasteiger partial charge < -0.3 is 15.8 Å². The number of nitrogens with two attached hydrogens (primary N) is 1. The second-order valence-electron chi connectivity index (χ2n) is 6.71. The summed E-state index contributed by atoms with van der Waals surface area (Å²) >= 11 is 0. The van der Waals surface area contributed by atoms with E-state index in [9.17, 15) is 4.39 Å². The van der Waals surface area contributed by atoms with E-state index in [2.05, 4.69) is 21.4 Å². The number of nitrogen functional groups attached to an aromatic ring is 1. The molecule has 32 heavy (non-hydrogen) atoms. The Morgan fingerprint density at radius 3 is 2.31 bits per heavy atom. The summed E-state index contributed by atoms with van der Waals surface area (Å²) in [5, 5.41) is 20.9. The normalized spacial score (nSPS) is 10.1. The summed E-state index contributed by atoms with van der Waals surface area (Å²) in [6.07, 6.45) is 0. The van der Waals surface area contributed by atoms with Crippen LogP contribution in [0.3, 0.4) is 0 Å². The molecule has 4 aromatic rings. The number of anilines is 3. The number of aromatic nitrogens is 2. The quantitative estimate of drug-likeness (QED) is 0.456. The van der Waals surface area contributed by atoms with Crippen LogP contribution in [0, 0.1) is 28.5 Å². The van der Waals surface area contributed by atoms with E-state index in [0.717, 1.165) is 5.56 Å². The molecule has 0 aliphatic carbocycles. The molecule has 0 aliphatic rings. The van der Waals surface area contributed by atoms with Crippen LogP contribution in [0.4, 0.5) is 21.8 Å². The molecule has 0 atom stereocenters. The van der Waals surface area contributed by atoms with Crippen LogP contribution in [0.15, 0.2) is 72.8 Å². The van der Waals surface area contributed by atoms with Crippen LogP contribution in [0.5, 0.6) is 11.6 Å². The average molecular weight is 422 g/mol. The first-order chi connectivity index (χ1) is 15.5. The first-order valence-corrected chi connectivity index (χ1v) is 9.44. The van der Waals surface area contributed by atoms with Gasteiger partial charge in [0.1, 0.15) is 5.82 Å². The lowest BCUT2D eigenvalue weighted by Gasteiger charge is -2.11. The van der Waals surface area contributed by atoms with Crippen LogP contribution >= 0.6 is 0 Å². The van der Waals surface area contributed by atoms with Gasteiger partial charge in [-0.1, -0.05) is 18.2 Å². The van der Waals surface area contributed by atoms with Crippen molar-refractivity contribution in [3.05, 3.63) is 89.7 Å². The Labute approximate surface area is 183 Å². The van der Waals surface area contributed by atoms with Gasteiger partial charge in [0.2, 0.25) is 11.8 Å². The molecule has 3 aromatic carbocycles. The lowest BCUT2D eigenvalue weighted by molar-refractivity contribution is 0.428. The molecule has 4 rings (SSSR count). The highest BCUT2D eigenvalue weighted by Gasteiger charge is 2.11. The molecule has 1 aromatic heterocycles. The largest absolute Gasteiger partial charge is 0.436 e. The van der Waals surface area contributed by atoms with Gasteiger partial charge in [-0.3, -0.25) is 0 Å². The maximum absolute atomic E-state index is 14.7. The molecule has 0 unspecified atom stereocenters. The van der Waals surface area contributed by atoms with Gasteiger partial charge in [-0.15, -0.1) is 0 Å². The van der Waals surface area contributed by atoms with Gasteiger partial charge >= 0.3 is 0 Å². The van der Waals surface area contributed by atoms with Crippen molar-refractivity contribution in [2.75, 3.05) is 11.1 Å². The van der Waals surface area contributed by atoms with E-state index >= 15 is 0 Å². The summed E-state index contributed by atoms with van der Waals surface area (Å²) < 4.78 is 20.3. The Morgan fingerprint density at radius 1 is 0.844 bits per heavy atom. The number of nitriles is 2. The number of ether oxygens (including phenoxy) is 1. The van der Waals surface area contributed by atoms with Crippen LogP contribution in [0.1, 0.15) is 11.1 Å². The molecule has 154 valence electrons. The topological polar surface area (TPSA) is 121 Å². The summed E-state index contributed by atoms with van der Waals surface area (Å²) in [4.78, 5) is 8.32. The van der Waals surface area contributed by atoms with E-state index < -0.39 is 5.82 Å². The molecule has 1 heterocycles.